The number of benzene rings is 1. The maximum atomic E-state index is 14.2. The Hall–Kier alpha value is -2.89. The van der Waals surface area contributed by atoms with Gasteiger partial charge in [0.1, 0.15) is 5.82 Å². The summed E-state index contributed by atoms with van der Waals surface area (Å²) in [7, 11) is -3.86. The summed E-state index contributed by atoms with van der Waals surface area (Å²) in [5, 5.41) is 28.8. The lowest BCUT2D eigenvalue weighted by Crippen LogP contribution is -2.19. The van der Waals surface area contributed by atoms with Crippen molar-refractivity contribution in [2.45, 2.75) is 44.8 Å². The zero-order chi connectivity index (χ0) is 27.5. The molecule has 0 radical (unpaired) electrons. The van der Waals surface area contributed by atoms with Gasteiger partial charge in [-0.25, -0.2) is 22.8 Å². The molecule has 0 spiro atoms. The largest absolute Gasteiger partial charge is 0.481 e. The molecule has 0 aliphatic rings. The SMILES string of the molecule is [2H]c1c([2H])c(-c2n[13c](NS(C)(=O)=O)nc(C(C)C)c2/C=C/[C@@H](O)C[C@@H](O)CC(=O)O)c([2H])c([2H])c1F. The molecule has 0 aliphatic heterocycles. The first-order chi connectivity index (χ1) is 16.5. The van der Waals surface area contributed by atoms with Gasteiger partial charge in [-0.2, -0.15) is 0 Å². The highest BCUT2D eigenvalue weighted by molar-refractivity contribution is 7.91. The van der Waals surface area contributed by atoms with Crippen LogP contribution in [0.4, 0.5) is 10.3 Å². The zero-order valence-electron chi connectivity index (χ0n) is 21.5. The Balaban J connectivity index is 2.81. The molecule has 174 valence electrons. The lowest BCUT2D eigenvalue weighted by molar-refractivity contribution is -0.139. The summed E-state index contributed by atoms with van der Waals surface area (Å²) in [6.07, 6.45) is -0.297. The van der Waals surface area contributed by atoms with Crippen LogP contribution in [0.5, 0.6) is 0 Å². The number of halogens is 1. The Morgan fingerprint density at radius 1 is 1.25 bits per heavy atom. The average molecular weight is 473 g/mol. The molecule has 9 nitrogen and oxygen atoms in total. The van der Waals surface area contributed by atoms with Gasteiger partial charge in [-0.05, 0) is 30.1 Å². The second-order valence-corrected chi connectivity index (χ2v) is 9.07. The predicted octanol–water partition coefficient (Wildman–Crippen LogP) is 2.38. The minimum atomic E-state index is -3.86. The molecule has 0 unspecified atom stereocenters. The third-order valence-corrected chi connectivity index (χ3v) is 4.59. The van der Waals surface area contributed by atoms with Crippen LogP contribution in [0, 0.1) is 5.82 Å². The average Bonchev–Trinajstić information content (AvgIpc) is 2.73. The van der Waals surface area contributed by atoms with Crippen LogP contribution in [0.1, 0.15) is 49.3 Å². The van der Waals surface area contributed by atoms with Gasteiger partial charge in [0.15, 0.2) is 0 Å². The molecular formula is C21H26FN3O6S. The van der Waals surface area contributed by atoms with Crippen LogP contribution in [-0.4, -0.2) is 58.1 Å². The lowest BCUT2D eigenvalue weighted by Gasteiger charge is -2.17. The molecule has 2 atom stereocenters. The first kappa shape index (κ1) is 19.8. The molecule has 0 saturated heterocycles. The van der Waals surface area contributed by atoms with Crippen molar-refractivity contribution in [3.63, 3.8) is 0 Å². The number of hydrogen-bond acceptors (Lipinski definition) is 7. The fourth-order valence-corrected chi connectivity index (χ4v) is 3.18. The minimum Gasteiger partial charge on any atom is -0.481 e. The van der Waals surface area contributed by atoms with Crippen LogP contribution in [0.15, 0.2) is 30.2 Å². The molecular weight excluding hydrogens is 442 g/mol. The molecule has 4 N–H and O–H groups in total. The summed E-state index contributed by atoms with van der Waals surface area (Å²) < 4.78 is 72.0. The molecule has 11 heteroatoms. The van der Waals surface area contributed by atoms with E-state index in [9.17, 15) is 27.8 Å². The van der Waals surface area contributed by atoms with E-state index in [4.69, 9.17) is 10.6 Å². The van der Waals surface area contributed by atoms with Crippen molar-refractivity contribution in [3.8, 4) is 11.3 Å². The Morgan fingerprint density at radius 2 is 1.88 bits per heavy atom. The number of hydrogen-bond donors (Lipinski definition) is 4. The van der Waals surface area contributed by atoms with Gasteiger partial charge >= 0.3 is 5.97 Å². The van der Waals surface area contributed by atoms with E-state index in [1.807, 2.05) is 0 Å². The minimum absolute atomic E-state index is 0.0863. The van der Waals surface area contributed by atoms with Crippen molar-refractivity contribution < 1.29 is 38.4 Å². The highest BCUT2D eigenvalue weighted by Crippen LogP contribution is 2.30. The third-order valence-electron chi connectivity index (χ3n) is 4.04. The van der Waals surface area contributed by atoms with Crippen LogP contribution < -0.4 is 4.72 Å². The van der Waals surface area contributed by atoms with Crippen molar-refractivity contribution in [2.24, 2.45) is 0 Å². The number of aromatic nitrogens is 2. The number of anilines is 1. The molecule has 2 rings (SSSR count). The molecule has 0 amide bonds. The predicted molar refractivity (Wildman–Crippen MR) is 118 cm³/mol. The van der Waals surface area contributed by atoms with Crippen molar-refractivity contribution >= 4 is 28.0 Å². The van der Waals surface area contributed by atoms with Gasteiger partial charge in [0, 0.05) is 17.5 Å². The van der Waals surface area contributed by atoms with Crippen molar-refractivity contribution in [1.82, 2.24) is 9.97 Å². The fraction of sp³-hybridized carbons (Fsp3) is 0.381. The zero-order valence-corrected chi connectivity index (χ0v) is 18.4. The van der Waals surface area contributed by atoms with E-state index in [2.05, 4.69) is 14.7 Å². The number of aliphatic hydroxyl groups excluding tert-OH is 2. The first-order valence-corrected chi connectivity index (χ1v) is 11.3. The van der Waals surface area contributed by atoms with Crippen LogP contribution in [0.3, 0.4) is 0 Å². The van der Waals surface area contributed by atoms with Crippen LogP contribution in [0.2, 0.25) is 0 Å². The van der Waals surface area contributed by atoms with E-state index >= 15 is 0 Å². The highest BCUT2D eigenvalue weighted by atomic mass is 32.2. The second-order valence-electron chi connectivity index (χ2n) is 7.33. The molecule has 1 heterocycles. The van der Waals surface area contributed by atoms with Gasteiger partial charge in [0.05, 0.1) is 41.8 Å². The number of carbonyl (C=O) groups is 1. The normalized spacial score (nSPS) is 15.7. The van der Waals surface area contributed by atoms with Gasteiger partial charge in [-0.3, -0.25) is 9.52 Å². The Bertz CT molecular complexity index is 1280. The number of sulfonamides is 1. The van der Waals surface area contributed by atoms with E-state index in [-0.39, 0.29) is 23.4 Å². The van der Waals surface area contributed by atoms with Crippen molar-refractivity contribution in [2.75, 3.05) is 11.0 Å². The van der Waals surface area contributed by atoms with Crippen molar-refractivity contribution in [3.05, 3.63) is 47.3 Å². The molecule has 1 aromatic heterocycles. The number of nitrogens with zero attached hydrogens (tertiary/aromatic N) is 2. The van der Waals surface area contributed by atoms with Gasteiger partial charge < -0.3 is 15.3 Å². The highest BCUT2D eigenvalue weighted by Gasteiger charge is 2.19. The van der Waals surface area contributed by atoms with Crippen LogP contribution in [0.25, 0.3) is 17.3 Å². The third kappa shape index (κ3) is 7.66. The number of rotatable bonds is 10. The van der Waals surface area contributed by atoms with E-state index < -0.39 is 82.0 Å². The van der Waals surface area contributed by atoms with Gasteiger partial charge in [0.25, 0.3) is 0 Å². The number of nitrogens with one attached hydrogen (secondary N) is 1. The number of carboxylic acids is 1. The molecule has 0 fully saturated rings. The molecule has 0 saturated carbocycles. The van der Waals surface area contributed by atoms with E-state index in [1.54, 1.807) is 13.8 Å². The van der Waals surface area contributed by atoms with E-state index in [1.165, 1.54) is 12.2 Å². The van der Waals surface area contributed by atoms with Gasteiger partial charge in [0.2, 0.25) is 16.0 Å². The molecule has 0 bridgehead atoms. The number of aliphatic hydroxyl groups is 2. The molecule has 2 aromatic rings. The van der Waals surface area contributed by atoms with Crippen LogP contribution in [-0.2, 0) is 14.8 Å². The maximum absolute atomic E-state index is 14.2. The fourth-order valence-electron chi connectivity index (χ4n) is 2.76. The van der Waals surface area contributed by atoms with E-state index in [0.717, 1.165) is 6.26 Å². The Kier molecular flexibility index (Phi) is 6.56. The quantitative estimate of drug-likeness (QED) is 0.412. The molecule has 0 aliphatic carbocycles. The summed E-state index contributed by atoms with van der Waals surface area (Å²) in [6, 6.07) is -3.45. The Labute approximate surface area is 191 Å². The van der Waals surface area contributed by atoms with Gasteiger partial charge in [-0.15, -0.1) is 0 Å². The standard InChI is InChI=1S/C21H26FN3O6S/c1-12(2)19-17(9-8-15(26)10-16(27)11-18(28)29)20(13-4-6-14(22)7-5-13)24-21(23-19)25-32(3,30)31/h4-9,12,15-16,26-27H,10-11H2,1-3H3,(H,28,29)(H,23,24,25)/b9-8+/t15-,16-/m1/s1/i4D,5D,6D,7D,21+1. The second kappa shape index (κ2) is 10.6. The summed E-state index contributed by atoms with van der Waals surface area (Å²) in [4.78, 5) is 19.0. The summed E-state index contributed by atoms with van der Waals surface area (Å²) in [5.41, 5.74) is -0.399. The summed E-state index contributed by atoms with van der Waals surface area (Å²) in [5.74, 6) is -3.46. The molecule has 32 heavy (non-hydrogen) atoms. The van der Waals surface area contributed by atoms with Gasteiger partial charge in [-0.1, -0.05) is 26.0 Å². The van der Waals surface area contributed by atoms with Crippen LogP contribution >= 0.6 is 0 Å². The monoisotopic (exact) mass is 472 g/mol. The molecule has 1 aromatic carbocycles. The Morgan fingerprint density at radius 3 is 2.41 bits per heavy atom. The maximum Gasteiger partial charge on any atom is 0.305 e. The number of carboxylic acid groups (broad SMARTS) is 1. The lowest BCUT2D eigenvalue weighted by atomic mass is 9.97. The summed E-state index contributed by atoms with van der Waals surface area (Å²) in [6.45, 7) is 3.39. The topological polar surface area (TPSA) is 150 Å². The van der Waals surface area contributed by atoms with Crippen molar-refractivity contribution in [1.29, 1.82) is 0 Å². The van der Waals surface area contributed by atoms with E-state index in [0.29, 0.717) is 0 Å². The smallest absolute Gasteiger partial charge is 0.305 e. The summed E-state index contributed by atoms with van der Waals surface area (Å²) >= 11 is 0. The number of aliphatic carboxylic acids is 1. The first-order valence-electron chi connectivity index (χ1n) is 11.5.